The summed E-state index contributed by atoms with van der Waals surface area (Å²) in [6.45, 7) is 1.11. The topological polar surface area (TPSA) is 6.02 Å². The Morgan fingerprint density at radius 3 is 2.52 bits per heavy atom. The van der Waals surface area contributed by atoms with Crippen molar-refractivity contribution in [1.29, 1.82) is 0 Å². The fraction of sp³-hybridized carbons (Fsp3) is 0.176. The van der Waals surface area contributed by atoms with Gasteiger partial charge in [0.15, 0.2) is 6.54 Å². The van der Waals surface area contributed by atoms with Crippen LogP contribution < -0.4 is 0 Å². The fourth-order valence-corrected chi connectivity index (χ4v) is 4.24. The van der Waals surface area contributed by atoms with Crippen LogP contribution in [0.2, 0.25) is 5.02 Å². The molecule has 4 heteroatoms. The van der Waals surface area contributed by atoms with E-state index >= 15 is 0 Å². The van der Waals surface area contributed by atoms with Crippen LogP contribution in [-0.2, 0) is 0 Å². The van der Waals surface area contributed by atoms with Gasteiger partial charge in [0.2, 0.25) is 11.9 Å². The first-order valence-corrected chi connectivity index (χ1v) is 8.45. The Bertz CT molecular complexity index is 735. The Kier molecular flexibility index (Phi) is 3.32. The molecular weight excluding hydrogens is 300 g/mol. The normalized spacial score (nSPS) is 20.6. The quantitative estimate of drug-likeness (QED) is 0.768. The first-order valence-electron chi connectivity index (χ1n) is 7.02. The molecule has 2 aromatic rings. The molecule has 2 heterocycles. The van der Waals surface area contributed by atoms with E-state index in [2.05, 4.69) is 57.8 Å². The lowest BCUT2D eigenvalue weighted by Gasteiger charge is -2.03. The number of rotatable bonds is 2. The van der Waals surface area contributed by atoms with E-state index in [-0.39, 0.29) is 0 Å². The van der Waals surface area contributed by atoms with Crippen LogP contribution in [0, 0.1) is 0 Å². The Labute approximate surface area is 133 Å². The molecule has 2 aromatic carbocycles. The Morgan fingerprint density at radius 2 is 1.76 bits per heavy atom. The van der Waals surface area contributed by atoms with Crippen molar-refractivity contribution in [1.82, 2.24) is 0 Å². The molecule has 0 aliphatic carbocycles. The van der Waals surface area contributed by atoms with Gasteiger partial charge in [-0.3, -0.25) is 0 Å². The van der Waals surface area contributed by atoms with Gasteiger partial charge in [-0.05, 0) is 36.0 Å². The first kappa shape index (κ1) is 13.1. The van der Waals surface area contributed by atoms with Crippen LogP contribution in [-0.4, -0.2) is 38.9 Å². The van der Waals surface area contributed by atoms with Crippen LogP contribution in [0.25, 0.3) is 0 Å². The minimum atomic E-state index is 0.373. The zero-order valence-corrected chi connectivity index (χ0v) is 13.0. The molecule has 4 rings (SSSR count). The van der Waals surface area contributed by atoms with E-state index in [0.717, 1.165) is 11.6 Å². The van der Waals surface area contributed by atoms with E-state index in [1.807, 2.05) is 23.9 Å². The third kappa shape index (κ3) is 2.30. The predicted molar refractivity (Wildman–Crippen MR) is 89.4 cm³/mol. The SMILES string of the molecule is Clc1ccc(C2=[N+](c3ccccc3)C3SCC[N+]3=C2)cc1. The highest BCUT2D eigenvalue weighted by Gasteiger charge is 2.47. The molecule has 1 fully saturated rings. The summed E-state index contributed by atoms with van der Waals surface area (Å²) in [4.78, 5) is 0. The Balaban J connectivity index is 1.88. The number of hydrogen-bond donors (Lipinski definition) is 0. The van der Waals surface area contributed by atoms with Gasteiger partial charge in [-0.25, -0.2) is 0 Å². The number of thioether (sulfide) groups is 1. The van der Waals surface area contributed by atoms with Gasteiger partial charge in [0, 0.05) is 17.2 Å². The van der Waals surface area contributed by atoms with Gasteiger partial charge in [0.1, 0.15) is 0 Å². The van der Waals surface area contributed by atoms with Crippen molar-refractivity contribution < 1.29 is 9.15 Å². The molecule has 0 N–H and O–H groups in total. The molecule has 1 unspecified atom stereocenters. The van der Waals surface area contributed by atoms with E-state index in [1.54, 1.807) is 0 Å². The maximum atomic E-state index is 6.02. The average molecular weight is 315 g/mol. The number of hydrogen-bond acceptors (Lipinski definition) is 1. The summed E-state index contributed by atoms with van der Waals surface area (Å²) < 4.78 is 4.84. The molecule has 2 aliphatic heterocycles. The summed E-state index contributed by atoms with van der Waals surface area (Å²) in [5.41, 5.74) is 4.06. The summed E-state index contributed by atoms with van der Waals surface area (Å²) in [7, 11) is 0. The number of halogens is 1. The van der Waals surface area contributed by atoms with Gasteiger partial charge < -0.3 is 0 Å². The van der Waals surface area contributed by atoms with Gasteiger partial charge in [-0.2, -0.15) is 4.58 Å². The van der Waals surface area contributed by atoms with Crippen molar-refractivity contribution in [3.63, 3.8) is 0 Å². The predicted octanol–water partition coefficient (Wildman–Crippen LogP) is 3.60. The fourth-order valence-electron chi connectivity index (χ4n) is 2.85. The molecule has 0 radical (unpaired) electrons. The lowest BCUT2D eigenvalue weighted by atomic mass is 10.1. The van der Waals surface area contributed by atoms with Crippen LogP contribution in [0.1, 0.15) is 5.56 Å². The van der Waals surface area contributed by atoms with E-state index < -0.39 is 0 Å². The second-order valence-corrected chi connectivity index (χ2v) is 6.76. The molecule has 104 valence electrons. The van der Waals surface area contributed by atoms with Gasteiger partial charge in [0.25, 0.3) is 5.71 Å². The van der Waals surface area contributed by atoms with Crippen molar-refractivity contribution in [2.75, 3.05) is 12.3 Å². The number of nitrogens with zero attached hydrogens (tertiary/aromatic N) is 2. The lowest BCUT2D eigenvalue weighted by Crippen LogP contribution is -2.23. The van der Waals surface area contributed by atoms with Crippen LogP contribution in [0.5, 0.6) is 0 Å². The molecular formula is C17H15ClN2S+2. The molecule has 2 nitrogen and oxygen atoms in total. The van der Waals surface area contributed by atoms with Crippen molar-refractivity contribution in [2.24, 2.45) is 0 Å². The molecule has 0 amide bonds. The molecule has 1 saturated heterocycles. The molecule has 0 spiro atoms. The number of para-hydroxylation sites is 1. The van der Waals surface area contributed by atoms with Crippen molar-refractivity contribution in [3.8, 4) is 0 Å². The zero-order valence-electron chi connectivity index (χ0n) is 11.4. The highest BCUT2D eigenvalue weighted by Crippen LogP contribution is 2.30. The van der Waals surface area contributed by atoms with Crippen LogP contribution in [0.3, 0.4) is 0 Å². The minimum Gasteiger partial charge on any atom is -0.159 e. The molecule has 2 aliphatic rings. The van der Waals surface area contributed by atoms with E-state index in [4.69, 9.17) is 11.6 Å². The van der Waals surface area contributed by atoms with Crippen molar-refractivity contribution >= 4 is 41.0 Å². The van der Waals surface area contributed by atoms with Crippen molar-refractivity contribution in [2.45, 2.75) is 5.50 Å². The zero-order chi connectivity index (χ0) is 14.2. The van der Waals surface area contributed by atoms with Crippen LogP contribution >= 0.6 is 23.4 Å². The van der Waals surface area contributed by atoms with Gasteiger partial charge in [-0.1, -0.05) is 29.8 Å². The van der Waals surface area contributed by atoms with E-state index in [1.165, 1.54) is 22.7 Å². The summed E-state index contributed by atoms with van der Waals surface area (Å²) >= 11 is 8.01. The standard InChI is InChI=1S/C17H15ClN2S/c18-14-8-6-13(7-9-14)16-12-19-10-11-21-17(19)20(16)15-4-2-1-3-5-15/h1-9,12,17H,10-11H2/q+2. The van der Waals surface area contributed by atoms with Gasteiger partial charge >= 0.3 is 5.50 Å². The summed E-state index contributed by atoms with van der Waals surface area (Å²) in [6.07, 6.45) is 2.28. The van der Waals surface area contributed by atoms with E-state index in [0.29, 0.717) is 5.50 Å². The maximum absolute atomic E-state index is 6.02. The summed E-state index contributed by atoms with van der Waals surface area (Å²) in [5, 5.41) is 0.776. The largest absolute Gasteiger partial charge is 0.398 e. The molecule has 21 heavy (non-hydrogen) atoms. The lowest BCUT2D eigenvalue weighted by molar-refractivity contribution is -0.690. The molecule has 0 bridgehead atoms. The van der Waals surface area contributed by atoms with Crippen LogP contribution in [0.15, 0.2) is 54.6 Å². The Hall–Kier alpha value is -1.58. The highest BCUT2D eigenvalue weighted by atomic mass is 35.5. The number of benzene rings is 2. The number of fused-ring (bicyclic) bond motifs is 1. The molecule has 1 atom stereocenters. The van der Waals surface area contributed by atoms with Crippen LogP contribution in [0.4, 0.5) is 5.69 Å². The second-order valence-electron chi connectivity index (χ2n) is 5.16. The van der Waals surface area contributed by atoms with E-state index in [9.17, 15) is 0 Å². The minimum absolute atomic E-state index is 0.373. The first-order chi connectivity index (χ1) is 10.3. The van der Waals surface area contributed by atoms with Crippen molar-refractivity contribution in [3.05, 3.63) is 65.2 Å². The Morgan fingerprint density at radius 1 is 1.00 bits per heavy atom. The third-order valence-corrected chi connectivity index (χ3v) is 5.29. The maximum Gasteiger partial charge on any atom is 0.398 e. The average Bonchev–Trinajstić information content (AvgIpc) is 3.09. The van der Waals surface area contributed by atoms with Gasteiger partial charge in [0.05, 0.1) is 11.3 Å². The van der Waals surface area contributed by atoms with Gasteiger partial charge in [-0.15, -0.1) is 4.58 Å². The smallest absolute Gasteiger partial charge is 0.159 e. The monoisotopic (exact) mass is 314 g/mol. The third-order valence-electron chi connectivity index (χ3n) is 3.84. The summed E-state index contributed by atoms with van der Waals surface area (Å²) in [6, 6.07) is 18.7. The highest BCUT2D eigenvalue weighted by molar-refractivity contribution is 7.99. The molecule has 0 saturated carbocycles. The second kappa shape index (κ2) is 5.32. The molecule has 0 aromatic heterocycles. The summed E-state index contributed by atoms with van der Waals surface area (Å²) in [5.74, 6) is 1.18.